The normalized spacial score (nSPS) is 13.5. The lowest BCUT2D eigenvalue weighted by atomic mass is 10.00. The summed E-state index contributed by atoms with van der Waals surface area (Å²) in [6, 6.07) is 15.1. The zero-order valence-corrected chi connectivity index (χ0v) is 32.0. The molecule has 1 aliphatic rings. The van der Waals surface area contributed by atoms with Crippen LogP contribution in [0.25, 0.3) is 17.2 Å². The van der Waals surface area contributed by atoms with Crippen molar-refractivity contribution in [1.82, 2.24) is 24.3 Å². The SMILES string of the molecule is CCCCOCCOc1ccc(-c2ccc3c(c2)C=C(C(=O)Nc2nc(SCc4cncn4C(CC)CCC)n(C)n2)CCN3CC(C)C)cc1. The molecule has 1 amide bonds. The van der Waals surface area contributed by atoms with Crippen molar-refractivity contribution in [2.24, 2.45) is 13.0 Å². The van der Waals surface area contributed by atoms with Crippen LogP contribution in [-0.2, 0) is 22.3 Å². The standard InChI is InChI=1S/C40H55N7O3S/c1-7-10-20-49-21-22-50-36-15-12-30(13-16-36)31-14-17-37-33(23-31)24-32(18-19-46(37)26-29(4)5)38(48)42-39-43-40(45(6)44-39)51-27-35-25-41-28-47(35)34(9-3)11-8-2/h12-17,23-25,28-29,34H,7-11,18-22,26-27H2,1-6H3,(H,42,44,48). The Labute approximate surface area is 308 Å². The van der Waals surface area contributed by atoms with Gasteiger partial charge in [-0.05, 0) is 78.6 Å². The molecule has 0 fully saturated rings. The van der Waals surface area contributed by atoms with Crippen molar-refractivity contribution in [3.63, 3.8) is 0 Å². The number of carbonyl (C=O) groups is 1. The zero-order valence-electron chi connectivity index (χ0n) is 31.2. The molecule has 51 heavy (non-hydrogen) atoms. The van der Waals surface area contributed by atoms with E-state index in [1.54, 1.807) is 16.4 Å². The van der Waals surface area contributed by atoms with E-state index in [-0.39, 0.29) is 5.91 Å². The first-order valence-corrected chi connectivity index (χ1v) is 19.5. The van der Waals surface area contributed by atoms with Crippen LogP contribution in [0.2, 0.25) is 0 Å². The summed E-state index contributed by atoms with van der Waals surface area (Å²) >= 11 is 1.60. The number of amides is 1. The van der Waals surface area contributed by atoms with Crippen LogP contribution < -0.4 is 15.0 Å². The van der Waals surface area contributed by atoms with Crippen molar-refractivity contribution in [2.75, 3.05) is 43.1 Å². The molecular weight excluding hydrogens is 659 g/mol. The Morgan fingerprint density at radius 3 is 2.57 bits per heavy atom. The van der Waals surface area contributed by atoms with Gasteiger partial charge in [0.1, 0.15) is 12.4 Å². The molecule has 274 valence electrons. The summed E-state index contributed by atoms with van der Waals surface area (Å²) in [5.41, 5.74) is 6.20. The third-order valence-corrected chi connectivity index (χ3v) is 10.1. The molecule has 0 radical (unpaired) electrons. The Morgan fingerprint density at radius 1 is 1.02 bits per heavy atom. The molecule has 0 saturated heterocycles. The van der Waals surface area contributed by atoms with Crippen molar-refractivity contribution in [3.8, 4) is 16.9 Å². The molecule has 1 aliphatic heterocycles. The molecule has 0 saturated carbocycles. The molecule has 2 aromatic heterocycles. The Morgan fingerprint density at radius 2 is 1.82 bits per heavy atom. The van der Waals surface area contributed by atoms with Gasteiger partial charge in [-0.1, -0.05) is 77.4 Å². The van der Waals surface area contributed by atoms with E-state index in [2.05, 4.69) is 89.8 Å². The predicted octanol–water partition coefficient (Wildman–Crippen LogP) is 8.81. The number of aryl methyl sites for hydroxylation is 1. The smallest absolute Gasteiger partial charge is 0.254 e. The maximum Gasteiger partial charge on any atom is 0.254 e. The number of hydrogen-bond donors (Lipinski definition) is 1. The highest BCUT2D eigenvalue weighted by molar-refractivity contribution is 7.98. The van der Waals surface area contributed by atoms with Crippen LogP contribution in [0.4, 0.5) is 11.6 Å². The molecule has 0 aliphatic carbocycles. The van der Waals surface area contributed by atoms with Crippen molar-refractivity contribution < 1.29 is 14.3 Å². The van der Waals surface area contributed by atoms with Gasteiger partial charge in [-0.2, -0.15) is 4.98 Å². The fraction of sp³-hybridized carbons (Fsp3) is 0.500. The van der Waals surface area contributed by atoms with Crippen LogP contribution >= 0.6 is 11.8 Å². The molecule has 4 aromatic rings. The van der Waals surface area contributed by atoms with Crippen molar-refractivity contribution in [2.45, 2.75) is 90.1 Å². The average molecular weight is 714 g/mol. The summed E-state index contributed by atoms with van der Waals surface area (Å²) < 4.78 is 15.5. The molecule has 0 spiro atoms. The fourth-order valence-electron chi connectivity index (χ4n) is 6.41. The molecule has 2 aromatic carbocycles. The van der Waals surface area contributed by atoms with E-state index in [0.29, 0.717) is 43.1 Å². The van der Waals surface area contributed by atoms with Gasteiger partial charge in [-0.3, -0.25) is 10.1 Å². The quantitative estimate of drug-likeness (QED) is 0.0761. The van der Waals surface area contributed by atoms with E-state index in [0.717, 1.165) is 96.5 Å². The number of aromatic nitrogens is 5. The number of nitrogens with zero attached hydrogens (tertiary/aromatic N) is 6. The second-order valence-electron chi connectivity index (χ2n) is 13.6. The molecule has 10 nitrogen and oxygen atoms in total. The topological polar surface area (TPSA) is 99.3 Å². The second-order valence-corrected chi connectivity index (χ2v) is 14.5. The van der Waals surface area contributed by atoms with Crippen molar-refractivity contribution >= 4 is 35.4 Å². The number of imidazole rings is 1. The minimum atomic E-state index is -0.177. The number of anilines is 2. The largest absolute Gasteiger partial charge is 0.491 e. The first kappa shape index (κ1) is 38.1. The summed E-state index contributed by atoms with van der Waals surface area (Å²) in [6.07, 6.45) is 12.0. The lowest BCUT2D eigenvalue weighted by Crippen LogP contribution is -2.29. The summed E-state index contributed by atoms with van der Waals surface area (Å²) in [4.78, 5) is 25.3. The van der Waals surface area contributed by atoms with Gasteiger partial charge in [0.2, 0.25) is 5.95 Å². The van der Waals surface area contributed by atoms with Gasteiger partial charge in [0.25, 0.3) is 5.91 Å². The highest BCUT2D eigenvalue weighted by Gasteiger charge is 2.22. The summed E-state index contributed by atoms with van der Waals surface area (Å²) in [6.45, 7) is 14.6. The number of benzene rings is 2. The van der Waals surface area contributed by atoms with E-state index in [4.69, 9.17) is 14.5 Å². The number of fused-ring (bicyclic) bond motifs is 1. The lowest BCUT2D eigenvalue weighted by Gasteiger charge is -2.27. The number of nitrogens with one attached hydrogen (secondary N) is 1. The van der Waals surface area contributed by atoms with Gasteiger partial charge in [-0.15, -0.1) is 5.10 Å². The third-order valence-electron chi connectivity index (χ3n) is 9.08. The van der Waals surface area contributed by atoms with Crippen molar-refractivity contribution in [3.05, 3.63) is 71.8 Å². The van der Waals surface area contributed by atoms with E-state index in [9.17, 15) is 4.79 Å². The van der Waals surface area contributed by atoms with Gasteiger partial charge >= 0.3 is 0 Å². The number of ether oxygens (including phenoxy) is 2. The molecule has 11 heteroatoms. The van der Waals surface area contributed by atoms with Gasteiger partial charge in [0.15, 0.2) is 5.16 Å². The number of unbranched alkanes of at least 4 members (excludes halogenated alkanes) is 1. The monoisotopic (exact) mass is 713 g/mol. The lowest BCUT2D eigenvalue weighted by molar-refractivity contribution is -0.112. The van der Waals surface area contributed by atoms with Gasteiger partial charge in [0, 0.05) is 61.7 Å². The fourth-order valence-corrected chi connectivity index (χ4v) is 7.29. The first-order valence-electron chi connectivity index (χ1n) is 18.6. The van der Waals surface area contributed by atoms with Gasteiger partial charge < -0.3 is 18.9 Å². The van der Waals surface area contributed by atoms with E-state index >= 15 is 0 Å². The average Bonchev–Trinajstić information content (AvgIpc) is 3.68. The molecule has 5 rings (SSSR count). The summed E-state index contributed by atoms with van der Waals surface area (Å²) in [7, 11) is 1.86. The number of carbonyl (C=O) groups excluding carboxylic acids is 1. The molecule has 1 unspecified atom stereocenters. The predicted molar refractivity (Wildman–Crippen MR) is 208 cm³/mol. The first-order chi connectivity index (χ1) is 24.8. The Bertz CT molecular complexity index is 1730. The zero-order chi connectivity index (χ0) is 36.2. The third kappa shape index (κ3) is 10.5. The molecule has 1 atom stereocenters. The molecule has 3 heterocycles. The number of thioether (sulfide) groups is 1. The Kier molecular flexibility index (Phi) is 14.2. The minimum absolute atomic E-state index is 0.177. The highest BCUT2D eigenvalue weighted by atomic mass is 32.2. The molecule has 0 bridgehead atoms. The van der Waals surface area contributed by atoms with Gasteiger partial charge in [0.05, 0.1) is 12.9 Å². The summed E-state index contributed by atoms with van der Waals surface area (Å²) in [5, 5.41) is 8.28. The van der Waals surface area contributed by atoms with Gasteiger partial charge in [-0.25, -0.2) is 9.67 Å². The van der Waals surface area contributed by atoms with Crippen LogP contribution in [-0.4, -0.2) is 63.1 Å². The minimum Gasteiger partial charge on any atom is -0.491 e. The molecular formula is C40H55N7O3S. The van der Waals surface area contributed by atoms with Crippen LogP contribution in [0.15, 0.2) is 65.7 Å². The second kappa shape index (κ2) is 18.9. The Balaban J connectivity index is 1.28. The number of hydrogen-bond acceptors (Lipinski definition) is 8. The number of rotatable bonds is 19. The summed E-state index contributed by atoms with van der Waals surface area (Å²) in [5.74, 6) is 2.15. The maximum atomic E-state index is 13.8. The van der Waals surface area contributed by atoms with E-state index < -0.39 is 0 Å². The Hall–Kier alpha value is -4.09. The van der Waals surface area contributed by atoms with Crippen LogP contribution in [0, 0.1) is 5.92 Å². The van der Waals surface area contributed by atoms with Crippen LogP contribution in [0.3, 0.4) is 0 Å². The van der Waals surface area contributed by atoms with E-state index in [1.807, 2.05) is 37.8 Å². The van der Waals surface area contributed by atoms with E-state index in [1.165, 1.54) is 0 Å². The van der Waals surface area contributed by atoms with Crippen molar-refractivity contribution in [1.29, 1.82) is 0 Å². The molecule has 1 N–H and O–H groups in total. The maximum absolute atomic E-state index is 13.8. The van der Waals surface area contributed by atoms with Crippen LogP contribution in [0.5, 0.6) is 5.75 Å². The highest BCUT2D eigenvalue weighted by Crippen LogP contribution is 2.34. The van der Waals surface area contributed by atoms with Crippen LogP contribution in [0.1, 0.15) is 90.4 Å².